The van der Waals surface area contributed by atoms with Crippen molar-refractivity contribution in [3.63, 3.8) is 0 Å². The minimum absolute atomic E-state index is 0.0725. The van der Waals surface area contributed by atoms with E-state index >= 15 is 0 Å². The van der Waals surface area contributed by atoms with Gasteiger partial charge in [0.15, 0.2) is 6.61 Å². The van der Waals surface area contributed by atoms with Gasteiger partial charge in [-0.2, -0.15) is 0 Å². The van der Waals surface area contributed by atoms with Crippen molar-refractivity contribution in [3.8, 4) is 5.75 Å². The van der Waals surface area contributed by atoms with E-state index in [1.165, 1.54) is 6.08 Å². The molecule has 0 aliphatic carbocycles. The number of para-hydroxylation sites is 1. The molecule has 1 aromatic rings. The number of amides is 1. The van der Waals surface area contributed by atoms with Crippen LogP contribution in [0.4, 0.5) is 0 Å². The fourth-order valence-corrected chi connectivity index (χ4v) is 1.52. The molecule has 1 unspecified atom stereocenters. The van der Waals surface area contributed by atoms with Gasteiger partial charge in [0.1, 0.15) is 5.75 Å². The number of carboxylic acid groups (broad SMARTS) is 1. The lowest BCUT2D eigenvalue weighted by Gasteiger charge is -2.17. The van der Waals surface area contributed by atoms with E-state index in [0.717, 1.165) is 6.08 Å². The molecule has 114 valence electrons. The number of ether oxygens (including phenoxy) is 1. The van der Waals surface area contributed by atoms with E-state index in [4.69, 9.17) is 9.84 Å². The molecule has 5 heteroatoms. The van der Waals surface area contributed by atoms with Crippen LogP contribution in [0.15, 0.2) is 30.3 Å². The molecule has 1 amide bonds. The molecule has 0 radical (unpaired) electrons. The third-order valence-corrected chi connectivity index (χ3v) is 3.07. The van der Waals surface area contributed by atoms with Crippen molar-refractivity contribution < 1.29 is 19.4 Å². The van der Waals surface area contributed by atoms with Crippen LogP contribution in [0, 0.1) is 5.92 Å². The van der Waals surface area contributed by atoms with Gasteiger partial charge in [-0.15, -0.1) is 0 Å². The fraction of sp³-hybridized carbons (Fsp3) is 0.375. The highest BCUT2D eigenvalue weighted by atomic mass is 16.5. The largest absolute Gasteiger partial charge is 0.483 e. The van der Waals surface area contributed by atoms with E-state index < -0.39 is 5.97 Å². The van der Waals surface area contributed by atoms with Crippen LogP contribution in [0.5, 0.6) is 5.75 Å². The summed E-state index contributed by atoms with van der Waals surface area (Å²) in [6.07, 6.45) is 2.47. The number of rotatable bonds is 7. The summed E-state index contributed by atoms with van der Waals surface area (Å²) in [5.74, 6) is -0.413. The molecule has 0 aliphatic heterocycles. The second-order valence-corrected chi connectivity index (χ2v) is 5.10. The van der Waals surface area contributed by atoms with E-state index in [-0.39, 0.29) is 18.6 Å². The minimum atomic E-state index is -1.03. The average molecular weight is 291 g/mol. The number of hydrogen-bond donors (Lipinski definition) is 2. The standard InChI is InChI=1S/C16H21NO4/c1-11(2)12(3)17-15(18)10-21-14-7-5-4-6-13(14)8-9-16(19)20/h4-9,11-12H,10H2,1-3H3,(H,17,18)(H,19,20). The minimum Gasteiger partial charge on any atom is -0.483 e. The Labute approximate surface area is 124 Å². The summed E-state index contributed by atoms with van der Waals surface area (Å²) in [5.41, 5.74) is 0.615. The van der Waals surface area contributed by atoms with Crippen molar-refractivity contribution in [2.75, 3.05) is 6.61 Å². The average Bonchev–Trinajstić information content (AvgIpc) is 2.43. The summed E-state index contributed by atoms with van der Waals surface area (Å²) in [4.78, 5) is 22.3. The first-order valence-corrected chi connectivity index (χ1v) is 6.82. The van der Waals surface area contributed by atoms with Crippen LogP contribution in [-0.4, -0.2) is 29.6 Å². The van der Waals surface area contributed by atoms with Gasteiger partial charge in [0, 0.05) is 17.7 Å². The van der Waals surface area contributed by atoms with Gasteiger partial charge in [-0.25, -0.2) is 4.79 Å². The maximum absolute atomic E-state index is 11.8. The van der Waals surface area contributed by atoms with Gasteiger partial charge >= 0.3 is 5.97 Å². The Balaban J connectivity index is 2.63. The second-order valence-electron chi connectivity index (χ2n) is 5.10. The van der Waals surface area contributed by atoms with Crippen LogP contribution in [0.25, 0.3) is 6.08 Å². The molecule has 0 saturated heterocycles. The predicted molar refractivity (Wildman–Crippen MR) is 81.0 cm³/mol. The molecule has 1 atom stereocenters. The molecule has 0 heterocycles. The zero-order chi connectivity index (χ0) is 15.8. The SMILES string of the molecule is CC(C)C(C)NC(=O)COc1ccccc1C=CC(=O)O. The highest BCUT2D eigenvalue weighted by Crippen LogP contribution is 2.19. The third-order valence-electron chi connectivity index (χ3n) is 3.07. The molecule has 0 aliphatic rings. The van der Waals surface area contributed by atoms with Crippen LogP contribution >= 0.6 is 0 Å². The van der Waals surface area contributed by atoms with Gasteiger partial charge in [0.2, 0.25) is 0 Å². The number of carbonyl (C=O) groups is 2. The van der Waals surface area contributed by atoms with Crippen molar-refractivity contribution >= 4 is 18.0 Å². The number of carbonyl (C=O) groups excluding carboxylic acids is 1. The summed E-state index contributed by atoms with van der Waals surface area (Å²) in [5, 5.41) is 11.5. The lowest BCUT2D eigenvalue weighted by Crippen LogP contribution is -2.39. The molecule has 5 nitrogen and oxygen atoms in total. The number of benzene rings is 1. The topological polar surface area (TPSA) is 75.6 Å². The summed E-state index contributed by atoms with van der Waals surface area (Å²) in [6, 6.07) is 7.03. The summed E-state index contributed by atoms with van der Waals surface area (Å²) < 4.78 is 5.46. The second kappa shape index (κ2) is 8.09. The maximum Gasteiger partial charge on any atom is 0.328 e. The quantitative estimate of drug-likeness (QED) is 0.756. The smallest absolute Gasteiger partial charge is 0.328 e. The zero-order valence-electron chi connectivity index (χ0n) is 12.5. The van der Waals surface area contributed by atoms with Crippen LogP contribution in [0.2, 0.25) is 0 Å². The molecular formula is C16H21NO4. The van der Waals surface area contributed by atoms with E-state index in [2.05, 4.69) is 5.32 Å². The monoisotopic (exact) mass is 291 g/mol. The van der Waals surface area contributed by atoms with Crippen LogP contribution < -0.4 is 10.1 Å². The first kappa shape index (κ1) is 16.8. The van der Waals surface area contributed by atoms with E-state index in [0.29, 0.717) is 17.2 Å². The highest BCUT2D eigenvalue weighted by molar-refractivity contribution is 5.86. The van der Waals surface area contributed by atoms with Crippen LogP contribution in [0.1, 0.15) is 26.3 Å². The van der Waals surface area contributed by atoms with Gasteiger partial charge in [-0.3, -0.25) is 4.79 Å². The van der Waals surface area contributed by atoms with E-state index in [1.807, 2.05) is 20.8 Å². The summed E-state index contributed by atoms with van der Waals surface area (Å²) >= 11 is 0. The Bertz CT molecular complexity index is 523. The van der Waals surface area contributed by atoms with E-state index in [9.17, 15) is 9.59 Å². The van der Waals surface area contributed by atoms with Gasteiger partial charge < -0.3 is 15.2 Å². The van der Waals surface area contributed by atoms with Crippen molar-refractivity contribution in [1.29, 1.82) is 0 Å². The van der Waals surface area contributed by atoms with Crippen LogP contribution in [-0.2, 0) is 9.59 Å². The molecule has 2 N–H and O–H groups in total. The number of carboxylic acids is 1. The molecule has 0 fully saturated rings. The molecule has 1 aromatic carbocycles. The molecule has 0 spiro atoms. The highest BCUT2D eigenvalue weighted by Gasteiger charge is 2.11. The third kappa shape index (κ3) is 6.12. The maximum atomic E-state index is 11.8. The van der Waals surface area contributed by atoms with Crippen molar-refractivity contribution in [2.45, 2.75) is 26.8 Å². The Hall–Kier alpha value is -2.30. The van der Waals surface area contributed by atoms with E-state index in [1.54, 1.807) is 24.3 Å². The predicted octanol–water partition coefficient (Wildman–Crippen LogP) is 2.32. The fourth-order valence-electron chi connectivity index (χ4n) is 1.52. The molecule has 0 aromatic heterocycles. The van der Waals surface area contributed by atoms with Gasteiger partial charge in [0.05, 0.1) is 0 Å². The zero-order valence-corrected chi connectivity index (χ0v) is 12.5. The van der Waals surface area contributed by atoms with Gasteiger partial charge in [-0.05, 0) is 25.0 Å². The number of hydrogen-bond acceptors (Lipinski definition) is 3. The number of nitrogens with one attached hydrogen (secondary N) is 1. The molecular weight excluding hydrogens is 270 g/mol. The lowest BCUT2D eigenvalue weighted by atomic mass is 10.1. The Morgan fingerprint density at radius 2 is 1.95 bits per heavy atom. The molecule has 1 rings (SSSR count). The summed E-state index contributed by atoms with van der Waals surface area (Å²) in [6.45, 7) is 5.89. The normalized spacial score (nSPS) is 12.4. The Kier molecular flexibility index (Phi) is 6.46. The van der Waals surface area contributed by atoms with Crippen molar-refractivity contribution in [1.82, 2.24) is 5.32 Å². The molecule has 21 heavy (non-hydrogen) atoms. The van der Waals surface area contributed by atoms with Gasteiger partial charge in [0.25, 0.3) is 5.91 Å². The molecule has 0 saturated carbocycles. The first-order chi connectivity index (χ1) is 9.90. The lowest BCUT2D eigenvalue weighted by molar-refractivity contribution is -0.131. The molecule has 0 bridgehead atoms. The Morgan fingerprint density at radius 3 is 2.57 bits per heavy atom. The van der Waals surface area contributed by atoms with Crippen molar-refractivity contribution in [3.05, 3.63) is 35.9 Å². The van der Waals surface area contributed by atoms with Gasteiger partial charge in [-0.1, -0.05) is 32.0 Å². The summed E-state index contributed by atoms with van der Waals surface area (Å²) in [7, 11) is 0. The number of aliphatic carboxylic acids is 1. The Morgan fingerprint density at radius 1 is 1.29 bits per heavy atom. The van der Waals surface area contributed by atoms with Crippen LogP contribution in [0.3, 0.4) is 0 Å². The van der Waals surface area contributed by atoms with Crippen molar-refractivity contribution in [2.24, 2.45) is 5.92 Å². The first-order valence-electron chi connectivity index (χ1n) is 6.82.